The van der Waals surface area contributed by atoms with Crippen molar-refractivity contribution < 1.29 is 9.15 Å². The Labute approximate surface area is 107 Å². The summed E-state index contributed by atoms with van der Waals surface area (Å²) in [4.78, 5) is 0. The summed E-state index contributed by atoms with van der Waals surface area (Å²) in [5, 5.41) is 3.56. The van der Waals surface area contributed by atoms with Gasteiger partial charge in [0.15, 0.2) is 0 Å². The lowest BCUT2D eigenvalue weighted by atomic mass is 9.93. The van der Waals surface area contributed by atoms with Gasteiger partial charge < -0.3 is 14.5 Å². The zero-order chi connectivity index (χ0) is 12.4. The van der Waals surface area contributed by atoms with Gasteiger partial charge in [0.1, 0.15) is 11.5 Å². The quantitative estimate of drug-likeness (QED) is 0.890. The van der Waals surface area contributed by atoms with Gasteiger partial charge in [-0.3, -0.25) is 0 Å². The number of benzene rings is 1. The molecule has 1 atom stereocenters. The summed E-state index contributed by atoms with van der Waals surface area (Å²) in [5.41, 5.74) is 2.39. The zero-order valence-corrected chi connectivity index (χ0v) is 10.5. The second-order valence-corrected chi connectivity index (χ2v) is 4.62. The van der Waals surface area contributed by atoms with E-state index in [2.05, 4.69) is 17.4 Å². The second kappa shape index (κ2) is 4.77. The van der Waals surface area contributed by atoms with Crippen molar-refractivity contribution in [1.29, 1.82) is 0 Å². The smallest absolute Gasteiger partial charge is 0.120 e. The summed E-state index contributed by atoms with van der Waals surface area (Å²) in [6.45, 7) is 0. The third kappa shape index (κ3) is 2.08. The molecule has 3 rings (SSSR count). The maximum atomic E-state index is 5.50. The van der Waals surface area contributed by atoms with Crippen molar-refractivity contribution in [1.82, 2.24) is 0 Å². The summed E-state index contributed by atoms with van der Waals surface area (Å²) >= 11 is 0. The van der Waals surface area contributed by atoms with E-state index in [0.29, 0.717) is 6.04 Å². The lowest BCUT2D eigenvalue weighted by Gasteiger charge is -2.23. The van der Waals surface area contributed by atoms with Gasteiger partial charge in [-0.05, 0) is 31.0 Å². The fourth-order valence-electron chi connectivity index (χ4n) is 2.55. The van der Waals surface area contributed by atoms with Gasteiger partial charge in [-0.1, -0.05) is 6.07 Å². The minimum absolute atomic E-state index is 0.347. The van der Waals surface area contributed by atoms with Crippen molar-refractivity contribution in [2.45, 2.75) is 25.3 Å². The van der Waals surface area contributed by atoms with Crippen LogP contribution < -0.4 is 10.1 Å². The van der Waals surface area contributed by atoms with Crippen LogP contribution in [0.4, 0.5) is 5.69 Å². The Morgan fingerprint density at radius 2 is 2.28 bits per heavy atom. The molecule has 1 aromatic heterocycles. The molecule has 1 heterocycles. The van der Waals surface area contributed by atoms with E-state index in [9.17, 15) is 0 Å². The van der Waals surface area contributed by atoms with Crippen LogP contribution in [0.25, 0.3) is 0 Å². The van der Waals surface area contributed by atoms with E-state index >= 15 is 0 Å². The van der Waals surface area contributed by atoms with Gasteiger partial charge in [0.2, 0.25) is 0 Å². The Kier molecular flexibility index (Phi) is 2.97. The van der Waals surface area contributed by atoms with Crippen LogP contribution in [0, 0.1) is 0 Å². The normalized spacial score (nSPS) is 18.2. The molecule has 18 heavy (non-hydrogen) atoms. The number of methoxy groups -OCH3 is 1. The maximum Gasteiger partial charge on any atom is 0.120 e. The predicted molar refractivity (Wildman–Crippen MR) is 71.0 cm³/mol. The Morgan fingerprint density at radius 1 is 1.33 bits per heavy atom. The second-order valence-electron chi connectivity index (χ2n) is 4.62. The van der Waals surface area contributed by atoms with Crippen LogP contribution in [0.15, 0.2) is 41.0 Å². The molecule has 1 aromatic carbocycles. The molecule has 0 radical (unpaired) electrons. The first-order valence-corrected chi connectivity index (χ1v) is 6.33. The average Bonchev–Trinajstić information content (AvgIpc) is 2.88. The molecule has 0 amide bonds. The highest BCUT2D eigenvalue weighted by molar-refractivity contribution is 5.50. The zero-order valence-electron chi connectivity index (χ0n) is 10.5. The van der Waals surface area contributed by atoms with E-state index in [4.69, 9.17) is 9.15 Å². The largest absolute Gasteiger partial charge is 0.497 e. The van der Waals surface area contributed by atoms with Crippen molar-refractivity contribution in [3.05, 3.63) is 47.9 Å². The Balaban J connectivity index is 1.81. The van der Waals surface area contributed by atoms with Crippen LogP contribution in [0.1, 0.15) is 30.2 Å². The molecule has 0 spiro atoms. The molecule has 1 unspecified atom stereocenters. The fourth-order valence-corrected chi connectivity index (χ4v) is 2.55. The van der Waals surface area contributed by atoms with E-state index in [1.165, 1.54) is 12.0 Å². The fraction of sp³-hybridized carbons (Fsp3) is 0.333. The van der Waals surface area contributed by atoms with Crippen molar-refractivity contribution in [3.63, 3.8) is 0 Å². The number of aryl methyl sites for hydroxylation is 1. The van der Waals surface area contributed by atoms with E-state index in [0.717, 1.165) is 30.0 Å². The number of furan rings is 1. The first-order valence-electron chi connectivity index (χ1n) is 6.33. The van der Waals surface area contributed by atoms with Crippen LogP contribution in [0.3, 0.4) is 0 Å². The maximum absolute atomic E-state index is 5.50. The molecule has 0 aliphatic heterocycles. The van der Waals surface area contributed by atoms with Crippen LogP contribution in [-0.2, 0) is 6.42 Å². The van der Waals surface area contributed by atoms with Crippen molar-refractivity contribution in [2.24, 2.45) is 0 Å². The highest BCUT2D eigenvalue weighted by Gasteiger charge is 2.22. The summed E-state index contributed by atoms with van der Waals surface area (Å²) < 4.78 is 10.7. The lowest BCUT2D eigenvalue weighted by molar-refractivity contribution is 0.415. The highest BCUT2D eigenvalue weighted by Crippen LogP contribution is 2.33. The van der Waals surface area contributed by atoms with Gasteiger partial charge in [0.05, 0.1) is 19.4 Å². The molecule has 2 aromatic rings. The summed E-state index contributed by atoms with van der Waals surface area (Å²) in [6, 6.07) is 10.5. The molecule has 1 aliphatic carbocycles. The Morgan fingerprint density at radius 3 is 3.17 bits per heavy atom. The van der Waals surface area contributed by atoms with Crippen molar-refractivity contribution in [3.8, 4) is 5.75 Å². The van der Waals surface area contributed by atoms with Crippen molar-refractivity contribution >= 4 is 5.69 Å². The van der Waals surface area contributed by atoms with Crippen LogP contribution in [-0.4, -0.2) is 7.11 Å². The standard InChI is InChI=1S/C15H17NO2/c1-17-12-5-2-4-11(10-12)16-14-6-3-7-15-13(14)8-9-18-15/h2,4-5,8-10,14,16H,3,6-7H2,1H3. The number of hydrogen-bond donors (Lipinski definition) is 1. The molecule has 3 nitrogen and oxygen atoms in total. The summed E-state index contributed by atoms with van der Waals surface area (Å²) in [7, 11) is 1.69. The van der Waals surface area contributed by atoms with Gasteiger partial charge in [-0.2, -0.15) is 0 Å². The number of ether oxygens (including phenoxy) is 1. The molecule has 0 fully saturated rings. The molecular weight excluding hydrogens is 226 g/mol. The minimum atomic E-state index is 0.347. The first kappa shape index (κ1) is 11.2. The van der Waals surface area contributed by atoms with Gasteiger partial charge in [-0.25, -0.2) is 0 Å². The molecule has 1 N–H and O–H groups in total. The molecule has 0 bridgehead atoms. The monoisotopic (exact) mass is 243 g/mol. The average molecular weight is 243 g/mol. The van der Waals surface area contributed by atoms with Gasteiger partial charge in [0.25, 0.3) is 0 Å². The van der Waals surface area contributed by atoms with E-state index in [1.54, 1.807) is 13.4 Å². The summed E-state index contributed by atoms with van der Waals surface area (Å²) in [6.07, 6.45) is 5.15. The van der Waals surface area contributed by atoms with Gasteiger partial charge >= 0.3 is 0 Å². The Hall–Kier alpha value is -1.90. The molecule has 0 saturated carbocycles. The number of fused-ring (bicyclic) bond motifs is 1. The topological polar surface area (TPSA) is 34.4 Å². The highest BCUT2D eigenvalue weighted by atomic mass is 16.5. The van der Waals surface area contributed by atoms with E-state index < -0.39 is 0 Å². The predicted octanol–water partition coefficient (Wildman–Crippen LogP) is 3.78. The molecule has 0 saturated heterocycles. The van der Waals surface area contributed by atoms with E-state index in [-0.39, 0.29) is 0 Å². The number of hydrogen-bond acceptors (Lipinski definition) is 3. The number of anilines is 1. The van der Waals surface area contributed by atoms with Crippen molar-refractivity contribution in [2.75, 3.05) is 12.4 Å². The first-order chi connectivity index (χ1) is 8.86. The third-order valence-electron chi connectivity index (χ3n) is 3.46. The molecule has 94 valence electrons. The number of nitrogens with one attached hydrogen (secondary N) is 1. The lowest BCUT2D eigenvalue weighted by Crippen LogP contribution is -2.15. The third-order valence-corrected chi connectivity index (χ3v) is 3.46. The van der Waals surface area contributed by atoms with Crippen LogP contribution in [0.2, 0.25) is 0 Å². The SMILES string of the molecule is COc1cccc(NC2CCCc3occc32)c1. The minimum Gasteiger partial charge on any atom is -0.497 e. The summed E-state index contributed by atoms with van der Waals surface area (Å²) in [5.74, 6) is 2.00. The molecule has 3 heteroatoms. The van der Waals surface area contributed by atoms with Crippen LogP contribution >= 0.6 is 0 Å². The Bertz CT molecular complexity index is 533. The molecular formula is C15H17NO2. The van der Waals surface area contributed by atoms with Gasteiger partial charge in [0, 0.05) is 23.7 Å². The molecule has 1 aliphatic rings. The van der Waals surface area contributed by atoms with Crippen LogP contribution in [0.5, 0.6) is 5.75 Å². The number of rotatable bonds is 3. The van der Waals surface area contributed by atoms with E-state index in [1.807, 2.05) is 18.2 Å². The van der Waals surface area contributed by atoms with Gasteiger partial charge in [-0.15, -0.1) is 0 Å².